The molecule has 1 aliphatic heterocycles. The molecule has 1 saturated heterocycles. The van der Waals surface area contributed by atoms with Gasteiger partial charge in [0.2, 0.25) is 0 Å². The maximum absolute atomic E-state index is 10.9. The average molecular weight is 192 g/mol. The summed E-state index contributed by atoms with van der Waals surface area (Å²) in [6.45, 7) is 0.0919. The lowest BCUT2D eigenvalue weighted by molar-refractivity contribution is -0.185. The van der Waals surface area contributed by atoms with Crippen molar-refractivity contribution in [3.63, 3.8) is 0 Å². The van der Waals surface area contributed by atoms with Crippen molar-refractivity contribution in [2.24, 2.45) is 0 Å². The van der Waals surface area contributed by atoms with E-state index in [-0.39, 0.29) is 6.61 Å². The van der Waals surface area contributed by atoms with Gasteiger partial charge in [0.25, 0.3) is 0 Å². The first-order chi connectivity index (χ1) is 6.77. The normalized spacial score (nSPS) is 21.3. The molecule has 0 saturated carbocycles. The van der Waals surface area contributed by atoms with Crippen LogP contribution in [0.15, 0.2) is 30.3 Å². The molecule has 0 spiro atoms. The molecule has 14 heavy (non-hydrogen) atoms. The van der Waals surface area contributed by atoms with Gasteiger partial charge in [0.1, 0.15) is 6.61 Å². The fraction of sp³-hybridized carbons (Fsp3) is 0.200. The number of cyclic esters (lactones) is 2. The van der Waals surface area contributed by atoms with Crippen LogP contribution in [-0.4, -0.2) is 18.5 Å². The zero-order chi connectivity index (χ0) is 9.97. The molecule has 1 heterocycles. The molecule has 0 N–H and O–H groups in total. The Bertz CT molecular complexity index is 358. The molecule has 1 aliphatic rings. The molecule has 0 unspecified atom stereocenters. The van der Waals surface area contributed by atoms with Gasteiger partial charge >= 0.3 is 11.9 Å². The zero-order valence-corrected chi connectivity index (χ0v) is 7.30. The maximum atomic E-state index is 10.9. The standard InChI is InChI=1S/C10H8O4/c11-9-10(12)14-8(6-13-9)7-4-2-1-3-5-7/h1-5,8H,6H2/t8-/m1/s1. The van der Waals surface area contributed by atoms with Crippen molar-refractivity contribution in [1.82, 2.24) is 0 Å². The molecule has 4 heteroatoms. The molecular formula is C10H8O4. The predicted octanol–water partition coefficient (Wildman–Crippen LogP) is 0.828. The van der Waals surface area contributed by atoms with Crippen LogP contribution in [0.5, 0.6) is 0 Å². The number of hydrogen-bond acceptors (Lipinski definition) is 4. The topological polar surface area (TPSA) is 52.6 Å². The van der Waals surface area contributed by atoms with Gasteiger partial charge in [-0.3, -0.25) is 0 Å². The van der Waals surface area contributed by atoms with Gasteiger partial charge in [-0.25, -0.2) is 9.59 Å². The minimum atomic E-state index is -0.926. The Kier molecular flexibility index (Phi) is 2.18. The van der Waals surface area contributed by atoms with Crippen LogP contribution in [0.4, 0.5) is 0 Å². The number of hydrogen-bond donors (Lipinski definition) is 0. The summed E-state index contributed by atoms with van der Waals surface area (Å²) in [4.78, 5) is 21.6. The highest BCUT2D eigenvalue weighted by Crippen LogP contribution is 2.20. The molecule has 0 amide bonds. The molecule has 1 aromatic carbocycles. The van der Waals surface area contributed by atoms with E-state index < -0.39 is 18.0 Å². The average Bonchev–Trinajstić information content (AvgIpc) is 2.23. The summed E-state index contributed by atoms with van der Waals surface area (Å²) < 4.78 is 9.51. The number of carbonyl (C=O) groups is 2. The Morgan fingerprint density at radius 2 is 1.79 bits per heavy atom. The van der Waals surface area contributed by atoms with Crippen molar-refractivity contribution in [1.29, 1.82) is 0 Å². The molecule has 1 fully saturated rings. The molecular weight excluding hydrogens is 184 g/mol. The van der Waals surface area contributed by atoms with E-state index in [1.54, 1.807) is 0 Å². The lowest BCUT2D eigenvalue weighted by Gasteiger charge is -2.21. The lowest BCUT2D eigenvalue weighted by Crippen LogP contribution is -2.31. The number of rotatable bonds is 1. The minimum absolute atomic E-state index is 0.0919. The molecule has 72 valence electrons. The second-order valence-corrected chi connectivity index (χ2v) is 2.90. The van der Waals surface area contributed by atoms with Crippen molar-refractivity contribution in [3.8, 4) is 0 Å². The van der Waals surface area contributed by atoms with E-state index in [4.69, 9.17) is 4.74 Å². The SMILES string of the molecule is O=C1OC[C@H](c2ccccc2)OC1=O. The number of ether oxygens (including phenoxy) is 2. The van der Waals surface area contributed by atoms with Crippen LogP contribution in [0.3, 0.4) is 0 Å². The molecule has 0 radical (unpaired) electrons. The van der Waals surface area contributed by atoms with Crippen LogP contribution in [0.1, 0.15) is 11.7 Å². The lowest BCUT2D eigenvalue weighted by atomic mass is 10.1. The van der Waals surface area contributed by atoms with Crippen LogP contribution in [0.2, 0.25) is 0 Å². The Hall–Kier alpha value is -1.84. The van der Waals surface area contributed by atoms with E-state index in [0.717, 1.165) is 5.56 Å². The van der Waals surface area contributed by atoms with Gasteiger partial charge in [0, 0.05) is 0 Å². The van der Waals surface area contributed by atoms with Crippen molar-refractivity contribution in [3.05, 3.63) is 35.9 Å². The zero-order valence-electron chi connectivity index (χ0n) is 7.30. The molecule has 1 atom stereocenters. The van der Waals surface area contributed by atoms with Crippen molar-refractivity contribution >= 4 is 11.9 Å². The van der Waals surface area contributed by atoms with E-state index in [1.165, 1.54) is 0 Å². The van der Waals surface area contributed by atoms with E-state index >= 15 is 0 Å². The summed E-state index contributed by atoms with van der Waals surface area (Å²) in [5.41, 5.74) is 0.827. The molecule has 0 aliphatic carbocycles. The maximum Gasteiger partial charge on any atom is 0.418 e. The van der Waals surface area contributed by atoms with E-state index in [1.807, 2.05) is 30.3 Å². The Labute approximate surface area is 80.4 Å². The van der Waals surface area contributed by atoms with Gasteiger partial charge in [-0.1, -0.05) is 30.3 Å². The summed E-state index contributed by atoms with van der Waals surface area (Å²) in [5, 5.41) is 0. The number of benzene rings is 1. The minimum Gasteiger partial charge on any atom is -0.453 e. The second-order valence-electron chi connectivity index (χ2n) is 2.90. The first-order valence-electron chi connectivity index (χ1n) is 4.20. The van der Waals surface area contributed by atoms with Gasteiger partial charge < -0.3 is 9.47 Å². The Balaban J connectivity index is 2.14. The van der Waals surface area contributed by atoms with E-state index in [0.29, 0.717) is 0 Å². The number of esters is 2. The first-order valence-corrected chi connectivity index (χ1v) is 4.20. The Morgan fingerprint density at radius 3 is 2.43 bits per heavy atom. The highest BCUT2D eigenvalue weighted by atomic mass is 16.6. The summed E-state index contributed by atoms with van der Waals surface area (Å²) in [6, 6.07) is 9.16. The van der Waals surface area contributed by atoms with E-state index in [9.17, 15) is 9.59 Å². The summed E-state index contributed by atoms with van der Waals surface area (Å²) in [6.07, 6.45) is -0.471. The smallest absolute Gasteiger partial charge is 0.418 e. The Morgan fingerprint density at radius 1 is 1.07 bits per heavy atom. The van der Waals surface area contributed by atoms with Gasteiger partial charge in [-0.15, -0.1) is 0 Å². The van der Waals surface area contributed by atoms with Crippen molar-refractivity contribution < 1.29 is 19.1 Å². The van der Waals surface area contributed by atoms with Crippen LogP contribution < -0.4 is 0 Å². The third-order valence-electron chi connectivity index (χ3n) is 1.95. The van der Waals surface area contributed by atoms with Gasteiger partial charge in [0.05, 0.1) is 0 Å². The fourth-order valence-electron chi connectivity index (χ4n) is 1.25. The van der Waals surface area contributed by atoms with Gasteiger partial charge in [-0.05, 0) is 5.56 Å². The predicted molar refractivity (Wildman–Crippen MR) is 46.2 cm³/mol. The molecule has 0 bridgehead atoms. The van der Waals surface area contributed by atoms with Gasteiger partial charge in [-0.2, -0.15) is 0 Å². The monoisotopic (exact) mass is 192 g/mol. The molecule has 1 aromatic rings. The van der Waals surface area contributed by atoms with Gasteiger partial charge in [0.15, 0.2) is 6.10 Å². The van der Waals surface area contributed by atoms with Crippen LogP contribution in [0, 0.1) is 0 Å². The largest absolute Gasteiger partial charge is 0.453 e. The third-order valence-corrected chi connectivity index (χ3v) is 1.95. The molecule has 2 rings (SSSR count). The highest BCUT2D eigenvalue weighted by molar-refractivity contribution is 6.30. The summed E-state index contributed by atoms with van der Waals surface area (Å²) >= 11 is 0. The summed E-state index contributed by atoms with van der Waals surface area (Å²) in [7, 11) is 0. The van der Waals surface area contributed by atoms with Crippen molar-refractivity contribution in [2.45, 2.75) is 6.10 Å². The fourth-order valence-corrected chi connectivity index (χ4v) is 1.25. The van der Waals surface area contributed by atoms with E-state index in [2.05, 4.69) is 4.74 Å². The van der Waals surface area contributed by atoms with Crippen LogP contribution >= 0.6 is 0 Å². The third kappa shape index (κ3) is 1.59. The van der Waals surface area contributed by atoms with Crippen LogP contribution in [-0.2, 0) is 19.1 Å². The number of carbonyl (C=O) groups excluding carboxylic acids is 2. The summed E-state index contributed by atoms with van der Waals surface area (Å²) in [5.74, 6) is -1.85. The first kappa shape index (κ1) is 8.74. The quantitative estimate of drug-likeness (QED) is 0.488. The molecule has 0 aromatic heterocycles. The molecule has 4 nitrogen and oxygen atoms in total. The second kappa shape index (κ2) is 3.49. The van der Waals surface area contributed by atoms with Crippen molar-refractivity contribution in [2.75, 3.05) is 6.61 Å². The van der Waals surface area contributed by atoms with Crippen LogP contribution in [0.25, 0.3) is 0 Å². The highest BCUT2D eigenvalue weighted by Gasteiger charge is 2.30.